The van der Waals surface area contributed by atoms with Crippen molar-refractivity contribution in [3.8, 4) is 44.9 Å². The van der Waals surface area contributed by atoms with Crippen LogP contribution in [-0.2, 0) is 5.41 Å². The molecule has 10 rings (SSSR count). The molecule has 0 bridgehead atoms. The van der Waals surface area contributed by atoms with E-state index in [4.69, 9.17) is 9.15 Å². The van der Waals surface area contributed by atoms with Crippen LogP contribution in [0.4, 0.5) is 0 Å². The lowest BCUT2D eigenvalue weighted by Crippen LogP contribution is -2.34. The first-order chi connectivity index (χ1) is 25.3. The monoisotopic (exact) mass is 652 g/mol. The highest BCUT2D eigenvalue weighted by molar-refractivity contribution is 6.12. The van der Waals surface area contributed by atoms with E-state index < -0.39 is 5.41 Å². The summed E-state index contributed by atoms with van der Waals surface area (Å²) in [6, 6.07) is 69.0. The fraction of sp³-hybridized carbons (Fsp3) is 0.0204. The van der Waals surface area contributed by atoms with Crippen LogP contribution < -0.4 is 4.74 Å². The van der Waals surface area contributed by atoms with Crippen LogP contribution in [-0.4, -0.2) is 0 Å². The lowest BCUT2D eigenvalue weighted by molar-refractivity contribution is 0.435. The number of furan rings is 1. The number of para-hydroxylation sites is 2. The molecule has 0 amide bonds. The molecule has 1 aliphatic rings. The molecule has 0 unspecified atom stereocenters. The summed E-state index contributed by atoms with van der Waals surface area (Å²) in [4.78, 5) is 0. The van der Waals surface area contributed by atoms with Crippen LogP contribution in [0.2, 0.25) is 0 Å². The maximum atomic E-state index is 6.75. The Hall–Kier alpha value is -6.64. The zero-order valence-electron chi connectivity index (χ0n) is 27.8. The normalized spacial score (nSPS) is 13.0. The number of benzene rings is 8. The Labute approximate surface area is 296 Å². The van der Waals surface area contributed by atoms with Crippen molar-refractivity contribution in [1.82, 2.24) is 0 Å². The van der Waals surface area contributed by atoms with Crippen LogP contribution in [0, 0.1) is 0 Å². The van der Waals surface area contributed by atoms with E-state index in [1.54, 1.807) is 0 Å². The Balaban J connectivity index is 1.05. The standard InChI is InChI=1S/C49H32O2/c1-3-15-38(16-4-1)49(39-17-5-2-6-18-39)42-21-8-10-23-45(42)51-47-32-37(29-30-43(47)49)36-14-11-13-35(31-36)33-25-27-34(28-26-33)40-20-12-24-46-48(40)41-19-7-9-22-44(41)50-46/h1-32H. The van der Waals surface area contributed by atoms with E-state index in [0.717, 1.165) is 61.3 Å². The first kappa shape index (κ1) is 29.3. The van der Waals surface area contributed by atoms with Crippen LogP contribution in [0.1, 0.15) is 22.3 Å². The maximum absolute atomic E-state index is 6.75. The van der Waals surface area contributed by atoms with Crippen LogP contribution in [0.3, 0.4) is 0 Å². The van der Waals surface area contributed by atoms with E-state index in [-0.39, 0.29) is 0 Å². The van der Waals surface area contributed by atoms with Crippen molar-refractivity contribution in [3.05, 3.63) is 216 Å². The summed E-state index contributed by atoms with van der Waals surface area (Å²) in [5.74, 6) is 1.75. The molecule has 0 radical (unpaired) electrons. The fourth-order valence-electron chi connectivity index (χ4n) is 8.13. The topological polar surface area (TPSA) is 22.4 Å². The lowest BCUT2D eigenvalue weighted by Gasteiger charge is -2.41. The molecule has 1 aliphatic heterocycles. The molecule has 9 aromatic rings. The third-order valence-electron chi connectivity index (χ3n) is 10.4. The fourth-order valence-corrected chi connectivity index (χ4v) is 8.13. The van der Waals surface area contributed by atoms with Crippen LogP contribution in [0.25, 0.3) is 55.3 Å². The molecule has 0 saturated heterocycles. The van der Waals surface area contributed by atoms with Crippen molar-refractivity contribution < 1.29 is 9.15 Å². The average molecular weight is 653 g/mol. The van der Waals surface area contributed by atoms with E-state index in [1.807, 2.05) is 18.2 Å². The molecule has 2 heteroatoms. The van der Waals surface area contributed by atoms with Crippen molar-refractivity contribution >= 4 is 21.9 Å². The summed E-state index contributed by atoms with van der Waals surface area (Å²) < 4.78 is 12.9. The van der Waals surface area contributed by atoms with E-state index in [9.17, 15) is 0 Å². The third-order valence-corrected chi connectivity index (χ3v) is 10.4. The van der Waals surface area contributed by atoms with Gasteiger partial charge >= 0.3 is 0 Å². The quantitative estimate of drug-likeness (QED) is 0.185. The number of hydrogen-bond acceptors (Lipinski definition) is 2. The Morgan fingerprint density at radius 1 is 0.353 bits per heavy atom. The lowest BCUT2D eigenvalue weighted by atomic mass is 9.63. The van der Waals surface area contributed by atoms with Crippen LogP contribution in [0.15, 0.2) is 199 Å². The van der Waals surface area contributed by atoms with Gasteiger partial charge in [0.05, 0.1) is 5.41 Å². The van der Waals surface area contributed by atoms with Crippen molar-refractivity contribution in [3.63, 3.8) is 0 Å². The highest BCUT2D eigenvalue weighted by Crippen LogP contribution is 2.55. The van der Waals surface area contributed by atoms with Crippen LogP contribution >= 0.6 is 0 Å². The second kappa shape index (κ2) is 11.8. The Morgan fingerprint density at radius 3 is 1.71 bits per heavy atom. The van der Waals surface area contributed by atoms with Crippen molar-refractivity contribution in [2.75, 3.05) is 0 Å². The summed E-state index contributed by atoms with van der Waals surface area (Å²) in [6.45, 7) is 0. The van der Waals surface area contributed by atoms with Gasteiger partial charge in [0.15, 0.2) is 0 Å². The Kier molecular flexibility index (Phi) is 6.75. The smallest absolute Gasteiger partial charge is 0.136 e. The van der Waals surface area contributed by atoms with Crippen molar-refractivity contribution in [1.29, 1.82) is 0 Å². The molecular weight excluding hydrogens is 621 g/mol. The molecule has 51 heavy (non-hydrogen) atoms. The highest BCUT2D eigenvalue weighted by atomic mass is 16.5. The van der Waals surface area contributed by atoms with Gasteiger partial charge in [0.1, 0.15) is 22.7 Å². The van der Waals surface area contributed by atoms with E-state index >= 15 is 0 Å². The van der Waals surface area contributed by atoms with Gasteiger partial charge in [-0.05, 0) is 74.8 Å². The summed E-state index contributed by atoms with van der Waals surface area (Å²) in [5.41, 5.74) is 12.9. The summed E-state index contributed by atoms with van der Waals surface area (Å²) in [6.07, 6.45) is 0. The number of ether oxygens (including phenoxy) is 1. The van der Waals surface area contributed by atoms with E-state index in [2.05, 4.69) is 176 Å². The zero-order chi connectivity index (χ0) is 33.8. The van der Waals surface area contributed by atoms with Gasteiger partial charge in [-0.2, -0.15) is 0 Å². The van der Waals surface area contributed by atoms with E-state index in [1.165, 1.54) is 27.8 Å². The van der Waals surface area contributed by atoms with E-state index in [0.29, 0.717) is 0 Å². The summed E-state index contributed by atoms with van der Waals surface area (Å²) in [7, 11) is 0. The molecule has 0 saturated carbocycles. The second-order valence-electron chi connectivity index (χ2n) is 13.2. The van der Waals surface area contributed by atoms with Gasteiger partial charge in [0.25, 0.3) is 0 Å². The third kappa shape index (κ3) is 4.65. The van der Waals surface area contributed by atoms with Gasteiger partial charge < -0.3 is 9.15 Å². The molecule has 2 nitrogen and oxygen atoms in total. The van der Waals surface area contributed by atoms with Gasteiger partial charge in [-0.15, -0.1) is 0 Å². The predicted molar refractivity (Wildman–Crippen MR) is 208 cm³/mol. The Morgan fingerprint density at radius 2 is 0.922 bits per heavy atom. The van der Waals surface area contributed by atoms with Gasteiger partial charge in [0, 0.05) is 21.9 Å². The molecule has 0 aliphatic carbocycles. The molecule has 240 valence electrons. The SMILES string of the molecule is c1ccc(C2(c3ccccc3)c3ccccc3Oc3cc(-c4cccc(-c5ccc(-c6cccc7oc8ccccc8c67)cc5)c4)ccc32)cc1. The molecule has 8 aromatic carbocycles. The number of rotatable bonds is 5. The first-order valence-electron chi connectivity index (χ1n) is 17.4. The number of fused-ring (bicyclic) bond motifs is 5. The molecule has 0 N–H and O–H groups in total. The minimum Gasteiger partial charge on any atom is -0.457 e. The van der Waals surface area contributed by atoms with Gasteiger partial charge in [0.2, 0.25) is 0 Å². The highest BCUT2D eigenvalue weighted by Gasteiger charge is 2.45. The first-order valence-corrected chi connectivity index (χ1v) is 17.4. The minimum absolute atomic E-state index is 0.526. The summed E-state index contributed by atoms with van der Waals surface area (Å²) in [5, 5.41) is 2.30. The molecule has 0 spiro atoms. The largest absolute Gasteiger partial charge is 0.457 e. The van der Waals surface area contributed by atoms with Gasteiger partial charge in [-0.25, -0.2) is 0 Å². The second-order valence-corrected chi connectivity index (χ2v) is 13.2. The zero-order valence-corrected chi connectivity index (χ0v) is 27.8. The molecular formula is C49H32O2. The van der Waals surface area contributed by atoms with Gasteiger partial charge in [-0.3, -0.25) is 0 Å². The molecule has 0 fully saturated rings. The van der Waals surface area contributed by atoms with Crippen molar-refractivity contribution in [2.45, 2.75) is 5.41 Å². The predicted octanol–water partition coefficient (Wildman–Crippen LogP) is 13.1. The summed E-state index contributed by atoms with van der Waals surface area (Å²) >= 11 is 0. The number of hydrogen-bond donors (Lipinski definition) is 0. The van der Waals surface area contributed by atoms with Gasteiger partial charge in [-0.1, -0.05) is 164 Å². The molecule has 2 heterocycles. The van der Waals surface area contributed by atoms with Crippen LogP contribution in [0.5, 0.6) is 11.5 Å². The maximum Gasteiger partial charge on any atom is 0.136 e. The Bertz CT molecular complexity index is 2660. The minimum atomic E-state index is -0.526. The molecule has 1 aromatic heterocycles. The average Bonchev–Trinajstić information content (AvgIpc) is 3.60. The van der Waals surface area contributed by atoms with Crippen molar-refractivity contribution in [2.24, 2.45) is 0 Å². The molecule has 0 atom stereocenters.